The Bertz CT molecular complexity index is 707. The molecular weight excluding hydrogens is 299 g/mol. The normalized spacial score (nSPS) is 12.9. The van der Waals surface area contributed by atoms with Crippen LogP contribution in [0.15, 0.2) is 42.5 Å². The number of rotatable bonds is 4. The molecule has 22 heavy (non-hydrogen) atoms. The molecule has 1 atom stereocenters. The standard InChI is InChI=1S/C15H12F3NO3/c16-15(17,18)14(22)19-12(13(20)21)8-10-6-3-5-9-4-1-2-7-11(9)10/h1-7,12H,8H2,(H,19,22)(H,20,21)/t12-/m1/s1. The quantitative estimate of drug-likeness (QED) is 0.912. The number of aliphatic carboxylic acids is 1. The molecule has 0 aliphatic carbocycles. The highest BCUT2D eigenvalue weighted by atomic mass is 19.4. The van der Waals surface area contributed by atoms with E-state index in [0.717, 1.165) is 10.8 Å². The fourth-order valence-electron chi connectivity index (χ4n) is 2.13. The van der Waals surface area contributed by atoms with Gasteiger partial charge >= 0.3 is 18.1 Å². The van der Waals surface area contributed by atoms with E-state index in [-0.39, 0.29) is 6.42 Å². The van der Waals surface area contributed by atoms with E-state index >= 15 is 0 Å². The van der Waals surface area contributed by atoms with Crippen molar-refractivity contribution >= 4 is 22.6 Å². The largest absolute Gasteiger partial charge is 0.480 e. The van der Waals surface area contributed by atoms with Crippen molar-refractivity contribution < 1.29 is 27.9 Å². The van der Waals surface area contributed by atoms with Gasteiger partial charge < -0.3 is 10.4 Å². The average molecular weight is 311 g/mol. The molecule has 0 aliphatic heterocycles. The molecule has 0 unspecified atom stereocenters. The number of carbonyl (C=O) groups excluding carboxylic acids is 1. The van der Waals surface area contributed by atoms with Gasteiger partial charge in [0.15, 0.2) is 0 Å². The number of hydrogen-bond acceptors (Lipinski definition) is 2. The lowest BCUT2D eigenvalue weighted by Gasteiger charge is -2.16. The number of alkyl halides is 3. The first kappa shape index (κ1) is 15.8. The molecule has 2 aromatic rings. The van der Waals surface area contributed by atoms with Crippen molar-refractivity contribution in [3.63, 3.8) is 0 Å². The Morgan fingerprint density at radius 1 is 1.09 bits per heavy atom. The summed E-state index contributed by atoms with van der Waals surface area (Å²) in [4.78, 5) is 22.1. The smallest absolute Gasteiger partial charge is 0.471 e. The Labute approximate surface area is 123 Å². The number of fused-ring (bicyclic) bond motifs is 1. The molecule has 0 aliphatic rings. The number of carboxylic acid groups (broad SMARTS) is 1. The number of halogens is 3. The van der Waals surface area contributed by atoms with Gasteiger partial charge in [-0.15, -0.1) is 0 Å². The second-order valence-corrected chi connectivity index (χ2v) is 4.70. The number of carbonyl (C=O) groups is 2. The molecule has 0 saturated heterocycles. The number of amides is 1. The average Bonchev–Trinajstić information content (AvgIpc) is 2.45. The maximum atomic E-state index is 12.3. The molecule has 0 fully saturated rings. The van der Waals surface area contributed by atoms with E-state index in [1.54, 1.807) is 30.3 Å². The molecule has 2 aromatic carbocycles. The van der Waals surface area contributed by atoms with Gasteiger partial charge in [0.05, 0.1) is 0 Å². The molecule has 7 heteroatoms. The van der Waals surface area contributed by atoms with Crippen molar-refractivity contribution in [2.45, 2.75) is 18.6 Å². The van der Waals surface area contributed by atoms with Crippen molar-refractivity contribution in [3.05, 3.63) is 48.0 Å². The molecule has 116 valence electrons. The molecule has 0 bridgehead atoms. The minimum absolute atomic E-state index is 0.238. The zero-order valence-electron chi connectivity index (χ0n) is 11.2. The topological polar surface area (TPSA) is 66.4 Å². The van der Waals surface area contributed by atoms with Gasteiger partial charge in [-0.2, -0.15) is 13.2 Å². The summed E-state index contributed by atoms with van der Waals surface area (Å²) in [6, 6.07) is 10.6. The molecule has 0 aromatic heterocycles. The van der Waals surface area contributed by atoms with Crippen LogP contribution in [0.3, 0.4) is 0 Å². The maximum absolute atomic E-state index is 12.3. The molecule has 2 rings (SSSR count). The van der Waals surface area contributed by atoms with Crippen LogP contribution in [0.5, 0.6) is 0 Å². The van der Waals surface area contributed by atoms with Gasteiger partial charge in [0.2, 0.25) is 0 Å². The molecule has 0 saturated carbocycles. The van der Waals surface area contributed by atoms with E-state index in [9.17, 15) is 22.8 Å². The van der Waals surface area contributed by atoms with Gasteiger partial charge in [-0.05, 0) is 16.3 Å². The third-order valence-corrected chi connectivity index (χ3v) is 3.16. The van der Waals surface area contributed by atoms with Gasteiger partial charge in [-0.25, -0.2) is 4.79 Å². The van der Waals surface area contributed by atoms with Crippen molar-refractivity contribution in [1.82, 2.24) is 5.32 Å². The molecule has 2 N–H and O–H groups in total. The zero-order chi connectivity index (χ0) is 16.3. The Morgan fingerprint density at radius 2 is 1.73 bits per heavy atom. The van der Waals surface area contributed by atoms with Crippen LogP contribution in [0.2, 0.25) is 0 Å². The second-order valence-electron chi connectivity index (χ2n) is 4.70. The molecular formula is C15H12F3NO3. The van der Waals surface area contributed by atoms with Crippen LogP contribution in [0.4, 0.5) is 13.2 Å². The first-order chi connectivity index (χ1) is 10.3. The summed E-state index contributed by atoms with van der Waals surface area (Å²) >= 11 is 0. The molecule has 0 heterocycles. The Kier molecular flexibility index (Phi) is 4.35. The van der Waals surface area contributed by atoms with Crippen LogP contribution in [0.1, 0.15) is 5.56 Å². The van der Waals surface area contributed by atoms with E-state index in [0.29, 0.717) is 5.56 Å². The lowest BCUT2D eigenvalue weighted by atomic mass is 9.99. The lowest BCUT2D eigenvalue weighted by Crippen LogP contribution is -2.47. The summed E-state index contributed by atoms with van der Waals surface area (Å²) in [6.45, 7) is 0. The van der Waals surface area contributed by atoms with E-state index in [1.807, 2.05) is 12.1 Å². The third-order valence-electron chi connectivity index (χ3n) is 3.16. The minimum Gasteiger partial charge on any atom is -0.480 e. The van der Waals surface area contributed by atoms with Crippen molar-refractivity contribution in [1.29, 1.82) is 0 Å². The van der Waals surface area contributed by atoms with Crippen molar-refractivity contribution in [2.75, 3.05) is 0 Å². The van der Waals surface area contributed by atoms with Crippen molar-refractivity contribution in [2.24, 2.45) is 0 Å². The molecule has 0 spiro atoms. The Hall–Kier alpha value is -2.57. The Morgan fingerprint density at radius 3 is 2.36 bits per heavy atom. The van der Waals surface area contributed by atoms with Gasteiger partial charge in [0.25, 0.3) is 0 Å². The fourth-order valence-corrected chi connectivity index (χ4v) is 2.13. The number of benzene rings is 2. The molecule has 0 radical (unpaired) electrons. The summed E-state index contributed by atoms with van der Waals surface area (Å²) < 4.78 is 36.8. The maximum Gasteiger partial charge on any atom is 0.471 e. The number of carboxylic acids is 1. The van der Waals surface area contributed by atoms with Crippen LogP contribution in [0, 0.1) is 0 Å². The zero-order valence-corrected chi connectivity index (χ0v) is 11.2. The molecule has 1 amide bonds. The van der Waals surface area contributed by atoms with Gasteiger partial charge in [0, 0.05) is 6.42 Å². The Balaban J connectivity index is 2.27. The fraction of sp³-hybridized carbons (Fsp3) is 0.200. The summed E-state index contributed by atoms with van der Waals surface area (Å²) in [7, 11) is 0. The van der Waals surface area contributed by atoms with Crippen LogP contribution in [-0.2, 0) is 16.0 Å². The summed E-state index contributed by atoms with van der Waals surface area (Å²) in [6.07, 6.45) is -5.36. The van der Waals surface area contributed by atoms with Crippen LogP contribution in [0.25, 0.3) is 10.8 Å². The summed E-state index contributed by atoms with van der Waals surface area (Å²) in [5.41, 5.74) is 0.549. The monoisotopic (exact) mass is 311 g/mol. The highest BCUT2D eigenvalue weighted by Gasteiger charge is 2.40. The lowest BCUT2D eigenvalue weighted by molar-refractivity contribution is -0.175. The van der Waals surface area contributed by atoms with Gasteiger partial charge in [0.1, 0.15) is 6.04 Å². The minimum atomic E-state index is -5.12. The van der Waals surface area contributed by atoms with E-state index in [2.05, 4.69) is 0 Å². The summed E-state index contributed by atoms with van der Waals surface area (Å²) in [5.74, 6) is -3.79. The van der Waals surface area contributed by atoms with Gasteiger partial charge in [-0.3, -0.25) is 4.79 Å². The predicted octanol–water partition coefficient (Wildman–Crippen LogP) is 2.51. The predicted molar refractivity (Wildman–Crippen MR) is 73.3 cm³/mol. The highest BCUT2D eigenvalue weighted by Crippen LogP contribution is 2.20. The van der Waals surface area contributed by atoms with Crippen molar-refractivity contribution in [3.8, 4) is 0 Å². The van der Waals surface area contributed by atoms with Crippen LogP contribution < -0.4 is 5.32 Å². The van der Waals surface area contributed by atoms with Gasteiger partial charge in [-0.1, -0.05) is 42.5 Å². The van der Waals surface area contributed by atoms with E-state index in [1.165, 1.54) is 5.32 Å². The highest BCUT2D eigenvalue weighted by molar-refractivity contribution is 5.89. The first-order valence-corrected chi connectivity index (χ1v) is 6.36. The number of nitrogens with one attached hydrogen (secondary N) is 1. The van der Waals surface area contributed by atoms with E-state index in [4.69, 9.17) is 5.11 Å². The first-order valence-electron chi connectivity index (χ1n) is 6.36. The summed E-state index contributed by atoms with van der Waals surface area (Å²) in [5, 5.41) is 12.1. The third kappa shape index (κ3) is 3.55. The molecule has 4 nitrogen and oxygen atoms in total. The number of hydrogen-bond donors (Lipinski definition) is 2. The SMILES string of the molecule is O=C(O)[C@@H](Cc1cccc2ccccc12)NC(=O)C(F)(F)F. The van der Waals surface area contributed by atoms with Crippen LogP contribution in [-0.4, -0.2) is 29.2 Å². The van der Waals surface area contributed by atoms with E-state index < -0.39 is 24.1 Å². The van der Waals surface area contributed by atoms with Crippen LogP contribution >= 0.6 is 0 Å². The second kappa shape index (κ2) is 6.05.